The molecule has 4 heteroatoms. The maximum absolute atomic E-state index is 11.0. The van der Waals surface area contributed by atoms with Crippen LogP contribution in [0.5, 0.6) is 0 Å². The molecule has 0 amide bonds. The summed E-state index contributed by atoms with van der Waals surface area (Å²) in [5.74, 6) is -0.0232. The van der Waals surface area contributed by atoms with Crippen LogP contribution in [0.1, 0.15) is 49.3 Å². The Morgan fingerprint density at radius 2 is 2.12 bits per heavy atom. The van der Waals surface area contributed by atoms with Crippen molar-refractivity contribution >= 4 is 28.9 Å². The zero-order chi connectivity index (χ0) is 12.3. The fourth-order valence-corrected chi connectivity index (χ4v) is 4.01. The van der Waals surface area contributed by atoms with E-state index in [2.05, 4.69) is 0 Å². The first kappa shape index (κ1) is 12.9. The molecule has 1 saturated carbocycles. The van der Waals surface area contributed by atoms with Crippen LogP contribution in [0.25, 0.3) is 0 Å². The smallest absolute Gasteiger partial charge is 0.304 e. The lowest BCUT2D eigenvalue weighted by Crippen LogP contribution is -2.18. The third kappa shape index (κ3) is 3.46. The third-order valence-corrected chi connectivity index (χ3v) is 4.94. The Morgan fingerprint density at radius 3 is 2.65 bits per heavy atom. The number of aliphatic carboxylic acids is 1. The van der Waals surface area contributed by atoms with Crippen molar-refractivity contribution in [2.75, 3.05) is 0 Å². The van der Waals surface area contributed by atoms with E-state index >= 15 is 0 Å². The van der Waals surface area contributed by atoms with E-state index in [0.717, 1.165) is 22.1 Å². The molecule has 0 aromatic carbocycles. The first-order valence-electron chi connectivity index (χ1n) is 6.14. The van der Waals surface area contributed by atoms with Gasteiger partial charge in [0.25, 0.3) is 0 Å². The van der Waals surface area contributed by atoms with Gasteiger partial charge >= 0.3 is 5.97 Å². The van der Waals surface area contributed by atoms with Gasteiger partial charge in [0.1, 0.15) is 0 Å². The van der Waals surface area contributed by atoms with Gasteiger partial charge in [-0.05, 0) is 30.9 Å². The highest BCUT2D eigenvalue weighted by atomic mass is 35.5. The highest BCUT2D eigenvalue weighted by molar-refractivity contribution is 7.16. The van der Waals surface area contributed by atoms with Gasteiger partial charge in [0.15, 0.2) is 0 Å². The van der Waals surface area contributed by atoms with E-state index in [-0.39, 0.29) is 12.3 Å². The second kappa shape index (κ2) is 5.87. The average molecular weight is 273 g/mol. The molecule has 0 aliphatic heterocycles. The molecular weight excluding hydrogens is 256 g/mol. The van der Waals surface area contributed by atoms with Crippen LogP contribution in [-0.4, -0.2) is 11.1 Å². The molecule has 1 aromatic heterocycles. The Morgan fingerprint density at radius 1 is 1.41 bits per heavy atom. The molecular formula is C13H17ClO2S. The highest BCUT2D eigenvalue weighted by Crippen LogP contribution is 2.41. The molecule has 0 radical (unpaired) electrons. The minimum atomic E-state index is -0.704. The second-order valence-corrected chi connectivity index (χ2v) is 6.49. The predicted molar refractivity (Wildman–Crippen MR) is 70.9 cm³/mol. The van der Waals surface area contributed by atoms with Gasteiger partial charge in [0, 0.05) is 10.8 Å². The molecule has 1 heterocycles. The van der Waals surface area contributed by atoms with Gasteiger partial charge in [-0.15, -0.1) is 11.3 Å². The summed E-state index contributed by atoms with van der Waals surface area (Å²) in [4.78, 5) is 12.1. The van der Waals surface area contributed by atoms with Crippen LogP contribution < -0.4 is 0 Å². The fraction of sp³-hybridized carbons (Fsp3) is 0.615. The van der Waals surface area contributed by atoms with Crippen LogP contribution in [0, 0.1) is 5.92 Å². The molecule has 0 spiro atoms. The van der Waals surface area contributed by atoms with E-state index in [0.29, 0.717) is 5.92 Å². The van der Waals surface area contributed by atoms with Gasteiger partial charge in [-0.2, -0.15) is 0 Å². The van der Waals surface area contributed by atoms with Crippen LogP contribution in [0.3, 0.4) is 0 Å². The molecule has 1 aliphatic carbocycles. The fourth-order valence-electron chi connectivity index (χ4n) is 2.75. The Labute approximate surface area is 111 Å². The summed E-state index contributed by atoms with van der Waals surface area (Å²) in [6.07, 6.45) is 6.32. The van der Waals surface area contributed by atoms with Gasteiger partial charge in [0.2, 0.25) is 0 Å². The van der Waals surface area contributed by atoms with Gasteiger partial charge in [-0.25, -0.2) is 0 Å². The molecule has 1 atom stereocenters. The van der Waals surface area contributed by atoms with Crippen LogP contribution >= 0.6 is 22.9 Å². The van der Waals surface area contributed by atoms with E-state index in [1.807, 2.05) is 12.1 Å². The number of hydrogen-bond donors (Lipinski definition) is 1. The lowest BCUT2D eigenvalue weighted by Gasteiger charge is -2.28. The maximum Gasteiger partial charge on any atom is 0.304 e. The summed E-state index contributed by atoms with van der Waals surface area (Å²) in [5.41, 5.74) is 0. The van der Waals surface area contributed by atoms with Gasteiger partial charge < -0.3 is 5.11 Å². The molecule has 2 nitrogen and oxygen atoms in total. The summed E-state index contributed by atoms with van der Waals surface area (Å²) >= 11 is 7.48. The Bertz CT molecular complexity index is 383. The average Bonchev–Trinajstić information content (AvgIpc) is 2.73. The normalized spacial score (nSPS) is 19.1. The number of carboxylic acids is 1. The number of halogens is 1. The van der Waals surface area contributed by atoms with Crippen molar-refractivity contribution in [2.45, 2.75) is 44.4 Å². The van der Waals surface area contributed by atoms with E-state index in [9.17, 15) is 4.79 Å². The van der Waals surface area contributed by atoms with Crippen molar-refractivity contribution in [3.63, 3.8) is 0 Å². The largest absolute Gasteiger partial charge is 0.481 e. The zero-order valence-corrected chi connectivity index (χ0v) is 11.3. The summed E-state index contributed by atoms with van der Waals surface area (Å²) in [6, 6.07) is 3.87. The molecule has 1 unspecified atom stereocenters. The number of carboxylic acid groups (broad SMARTS) is 1. The van der Waals surface area contributed by atoms with Crippen molar-refractivity contribution in [3.05, 3.63) is 21.3 Å². The molecule has 1 aromatic rings. The van der Waals surface area contributed by atoms with Crippen LogP contribution in [-0.2, 0) is 4.79 Å². The summed E-state index contributed by atoms with van der Waals surface area (Å²) in [7, 11) is 0. The summed E-state index contributed by atoms with van der Waals surface area (Å²) in [5, 5.41) is 9.05. The van der Waals surface area contributed by atoms with E-state index in [1.165, 1.54) is 30.6 Å². The van der Waals surface area contributed by atoms with E-state index in [4.69, 9.17) is 16.7 Å². The maximum atomic E-state index is 11.0. The third-order valence-electron chi connectivity index (χ3n) is 3.57. The molecule has 1 fully saturated rings. The topological polar surface area (TPSA) is 37.3 Å². The molecule has 0 bridgehead atoms. The molecule has 2 rings (SSSR count). The Balaban J connectivity index is 2.14. The number of carbonyl (C=O) groups is 1. The zero-order valence-electron chi connectivity index (χ0n) is 9.69. The van der Waals surface area contributed by atoms with Crippen molar-refractivity contribution in [1.29, 1.82) is 0 Å². The molecule has 1 aliphatic rings. The predicted octanol–water partition coefficient (Wildman–Crippen LogP) is 4.54. The highest BCUT2D eigenvalue weighted by Gasteiger charge is 2.28. The van der Waals surface area contributed by atoms with Crippen molar-refractivity contribution in [3.8, 4) is 0 Å². The van der Waals surface area contributed by atoms with Crippen molar-refractivity contribution in [2.24, 2.45) is 5.92 Å². The minimum Gasteiger partial charge on any atom is -0.481 e. The lowest BCUT2D eigenvalue weighted by atomic mass is 9.78. The standard InChI is InChI=1S/C13H17ClO2S/c14-12-7-6-11(17-12)10(8-13(15)16)9-4-2-1-3-5-9/h6-7,9-10H,1-5,8H2,(H,15,16). The Hall–Kier alpha value is -0.540. The lowest BCUT2D eigenvalue weighted by molar-refractivity contribution is -0.137. The molecule has 0 saturated heterocycles. The van der Waals surface area contributed by atoms with Crippen LogP contribution in [0.15, 0.2) is 12.1 Å². The minimum absolute atomic E-state index is 0.158. The summed E-state index contributed by atoms with van der Waals surface area (Å²) in [6.45, 7) is 0. The number of thiophene rings is 1. The summed E-state index contributed by atoms with van der Waals surface area (Å²) < 4.78 is 0.756. The SMILES string of the molecule is O=C(O)CC(c1ccc(Cl)s1)C1CCCCC1. The number of hydrogen-bond acceptors (Lipinski definition) is 2. The van der Waals surface area contributed by atoms with Crippen molar-refractivity contribution in [1.82, 2.24) is 0 Å². The Kier molecular flexibility index (Phi) is 4.46. The molecule has 94 valence electrons. The second-order valence-electron chi connectivity index (χ2n) is 4.74. The van der Waals surface area contributed by atoms with Gasteiger partial charge in [-0.3, -0.25) is 4.79 Å². The number of rotatable bonds is 4. The quantitative estimate of drug-likeness (QED) is 0.874. The van der Waals surface area contributed by atoms with E-state index < -0.39 is 5.97 Å². The first-order valence-corrected chi connectivity index (χ1v) is 7.33. The van der Waals surface area contributed by atoms with Gasteiger partial charge in [0.05, 0.1) is 10.8 Å². The van der Waals surface area contributed by atoms with Crippen LogP contribution in [0.4, 0.5) is 0 Å². The van der Waals surface area contributed by atoms with Gasteiger partial charge in [-0.1, -0.05) is 30.9 Å². The monoisotopic (exact) mass is 272 g/mol. The molecule has 17 heavy (non-hydrogen) atoms. The van der Waals surface area contributed by atoms with E-state index in [1.54, 1.807) is 0 Å². The van der Waals surface area contributed by atoms with Crippen LogP contribution in [0.2, 0.25) is 4.34 Å². The first-order chi connectivity index (χ1) is 8.16. The van der Waals surface area contributed by atoms with Crippen molar-refractivity contribution < 1.29 is 9.90 Å². The molecule has 1 N–H and O–H groups in total.